The second-order valence-electron chi connectivity index (χ2n) is 4.96. The molecular formula is C10H11F3N2O3. The molecule has 1 aliphatic rings. The van der Waals surface area contributed by atoms with Crippen molar-refractivity contribution < 1.29 is 27.6 Å². The Balaban J connectivity index is 2.15. The number of hydrogen-bond acceptors (Lipinski definition) is 4. The predicted octanol–water partition coefficient (Wildman–Crippen LogP) is 2.00. The number of carboxylic acid groups (broad SMARTS) is 1. The van der Waals surface area contributed by atoms with Crippen LogP contribution in [-0.2, 0) is 11.2 Å². The van der Waals surface area contributed by atoms with E-state index in [0.717, 1.165) is 0 Å². The van der Waals surface area contributed by atoms with Gasteiger partial charge in [0, 0.05) is 0 Å². The van der Waals surface area contributed by atoms with E-state index >= 15 is 0 Å². The quantitative estimate of drug-likeness (QED) is 0.903. The molecule has 2 unspecified atom stereocenters. The molecule has 0 saturated heterocycles. The molecule has 0 aliphatic heterocycles. The summed E-state index contributed by atoms with van der Waals surface area (Å²) in [6, 6.07) is 0. The minimum atomic E-state index is -4.41. The highest BCUT2D eigenvalue weighted by Crippen LogP contribution is 2.64. The summed E-state index contributed by atoms with van der Waals surface area (Å²) in [5.74, 6) is -2.74. The number of halogens is 3. The summed E-state index contributed by atoms with van der Waals surface area (Å²) in [5, 5.41) is 12.2. The molecule has 0 spiro atoms. The second kappa shape index (κ2) is 3.69. The van der Waals surface area contributed by atoms with Gasteiger partial charge in [-0.15, -0.1) is 0 Å². The zero-order valence-electron chi connectivity index (χ0n) is 9.65. The lowest BCUT2D eigenvalue weighted by molar-refractivity contribution is -0.139. The molecule has 2 atom stereocenters. The lowest BCUT2D eigenvalue weighted by Gasteiger charge is -1.99. The molecule has 1 aromatic rings. The lowest BCUT2D eigenvalue weighted by Crippen LogP contribution is -2.12. The van der Waals surface area contributed by atoms with Crippen LogP contribution in [0.5, 0.6) is 0 Å². The molecule has 0 amide bonds. The van der Waals surface area contributed by atoms with Crippen molar-refractivity contribution >= 4 is 5.97 Å². The van der Waals surface area contributed by atoms with Crippen LogP contribution in [-0.4, -0.2) is 27.4 Å². The number of carboxylic acids is 1. The summed E-state index contributed by atoms with van der Waals surface area (Å²) in [7, 11) is 0. The van der Waals surface area contributed by atoms with E-state index in [-0.39, 0.29) is 5.89 Å². The molecule has 1 N–H and O–H groups in total. The lowest BCUT2D eigenvalue weighted by atomic mass is 10.1. The number of aromatic nitrogens is 2. The first-order valence-electron chi connectivity index (χ1n) is 5.25. The minimum Gasteiger partial charge on any atom is -0.481 e. The van der Waals surface area contributed by atoms with Crippen LogP contribution in [0.1, 0.15) is 31.5 Å². The third-order valence-electron chi connectivity index (χ3n) is 3.20. The summed E-state index contributed by atoms with van der Waals surface area (Å²) >= 11 is 0. The summed E-state index contributed by atoms with van der Waals surface area (Å²) in [4.78, 5) is 14.6. The molecule has 1 fully saturated rings. The van der Waals surface area contributed by atoms with Crippen LogP contribution in [0, 0.1) is 11.3 Å². The first-order chi connectivity index (χ1) is 8.13. The van der Waals surface area contributed by atoms with Gasteiger partial charge in [-0.05, 0) is 5.41 Å². The van der Waals surface area contributed by atoms with Gasteiger partial charge in [-0.25, -0.2) is 0 Å². The maximum atomic E-state index is 12.1. The van der Waals surface area contributed by atoms with Gasteiger partial charge >= 0.3 is 12.1 Å². The standard InChI is InChI=1S/C10H11F3N2O3/c1-9(2)5(6(9)8(16)17)7-14-4(15-18-7)3-10(11,12)13/h5-6H,3H2,1-2H3,(H,16,17). The van der Waals surface area contributed by atoms with Gasteiger partial charge in [-0.2, -0.15) is 18.2 Å². The first kappa shape index (κ1) is 12.8. The summed E-state index contributed by atoms with van der Waals surface area (Å²) in [5.41, 5.74) is -0.576. The van der Waals surface area contributed by atoms with E-state index in [1.54, 1.807) is 13.8 Å². The highest BCUT2D eigenvalue weighted by molar-refractivity contribution is 5.77. The van der Waals surface area contributed by atoms with Gasteiger partial charge in [-0.3, -0.25) is 4.79 Å². The van der Waals surface area contributed by atoms with Crippen molar-refractivity contribution in [3.63, 3.8) is 0 Å². The van der Waals surface area contributed by atoms with Gasteiger partial charge in [0.1, 0.15) is 6.42 Å². The average molecular weight is 264 g/mol. The Kier molecular flexibility index (Phi) is 2.64. The fourth-order valence-electron chi connectivity index (χ4n) is 2.20. The highest BCUT2D eigenvalue weighted by Gasteiger charge is 2.65. The largest absolute Gasteiger partial charge is 0.481 e. The minimum absolute atomic E-state index is 0.0355. The molecule has 0 bridgehead atoms. The second-order valence-corrected chi connectivity index (χ2v) is 4.96. The predicted molar refractivity (Wildman–Crippen MR) is 51.7 cm³/mol. The van der Waals surface area contributed by atoms with Crippen LogP contribution in [0.4, 0.5) is 13.2 Å². The molecule has 100 valence electrons. The Hall–Kier alpha value is -1.60. The fraction of sp³-hybridized carbons (Fsp3) is 0.700. The molecule has 1 aromatic heterocycles. The van der Waals surface area contributed by atoms with E-state index in [4.69, 9.17) is 9.63 Å². The first-order valence-corrected chi connectivity index (χ1v) is 5.25. The van der Waals surface area contributed by atoms with Crippen LogP contribution in [0.15, 0.2) is 4.52 Å². The zero-order chi connectivity index (χ0) is 13.7. The third kappa shape index (κ3) is 2.19. The number of rotatable bonds is 3. The van der Waals surface area contributed by atoms with Crippen LogP contribution < -0.4 is 0 Å². The number of alkyl halides is 3. The topological polar surface area (TPSA) is 76.2 Å². The smallest absolute Gasteiger partial charge is 0.396 e. The molecule has 1 aliphatic carbocycles. The van der Waals surface area contributed by atoms with E-state index in [2.05, 4.69) is 10.1 Å². The maximum Gasteiger partial charge on any atom is 0.396 e. The van der Waals surface area contributed by atoms with E-state index in [1.807, 2.05) is 0 Å². The number of nitrogens with zero attached hydrogens (tertiary/aromatic N) is 2. The Morgan fingerprint density at radius 3 is 2.56 bits per heavy atom. The van der Waals surface area contributed by atoms with Crippen molar-refractivity contribution in [2.24, 2.45) is 11.3 Å². The van der Waals surface area contributed by atoms with Crippen LogP contribution in [0.2, 0.25) is 0 Å². The molecular weight excluding hydrogens is 253 g/mol. The Labute approximate surface area is 100.0 Å². The molecule has 2 rings (SSSR count). The Morgan fingerprint density at radius 2 is 2.11 bits per heavy atom. The van der Waals surface area contributed by atoms with Crippen molar-refractivity contribution in [1.82, 2.24) is 10.1 Å². The summed E-state index contributed by atoms with van der Waals surface area (Å²) in [6.45, 7) is 3.40. The van der Waals surface area contributed by atoms with Crippen molar-refractivity contribution in [3.8, 4) is 0 Å². The van der Waals surface area contributed by atoms with Gasteiger partial charge in [0.05, 0.1) is 11.8 Å². The zero-order valence-corrected chi connectivity index (χ0v) is 9.65. The molecule has 0 radical (unpaired) electrons. The van der Waals surface area contributed by atoms with Crippen LogP contribution in [0.25, 0.3) is 0 Å². The normalized spacial score (nSPS) is 26.1. The van der Waals surface area contributed by atoms with Gasteiger partial charge < -0.3 is 9.63 Å². The highest BCUT2D eigenvalue weighted by atomic mass is 19.4. The molecule has 18 heavy (non-hydrogen) atoms. The Morgan fingerprint density at radius 1 is 1.50 bits per heavy atom. The molecule has 8 heteroatoms. The van der Waals surface area contributed by atoms with Crippen molar-refractivity contribution in [1.29, 1.82) is 0 Å². The van der Waals surface area contributed by atoms with Crippen molar-refractivity contribution in [2.45, 2.75) is 32.4 Å². The third-order valence-corrected chi connectivity index (χ3v) is 3.20. The molecule has 0 aromatic carbocycles. The van der Waals surface area contributed by atoms with E-state index in [1.165, 1.54) is 0 Å². The average Bonchev–Trinajstić information content (AvgIpc) is 2.50. The van der Waals surface area contributed by atoms with E-state index in [0.29, 0.717) is 0 Å². The van der Waals surface area contributed by atoms with Gasteiger partial charge in [0.2, 0.25) is 5.89 Å². The number of carbonyl (C=O) groups is 1. The van der Waals surface area contributed by atoms with Gasteiger partial charge in [0.25, 0.3) is 0 Å². The monoisotopic (exact) mass is 264 g/mol. The van der Waals surface area contributed by atoms with Crippen molar-refractivity contribution in [3.05, 3.63) is 11.7 Å². The van der Waals surface area contributed by atoms with Crippen LogP contribution >= 0.6 is 0 Å². The van der Waals surface area contributed by atoms with Crippen molar-refractivity contribution in [2.75, 3.05) is 0 Å². The summed E-state index contributed by atoms with van der Waals surface area (Å²) < 4.78 is 41.1. The number of aliphatic carboxylic acids is 1. The SMILES string of the molecule is CC1(C)C(C(=O)O)C1c1nc(CC(F)(F)F)no1. The van der Waals surface area contributed by atoms with E-state index in [9.17, 15) is 18.0 Å². The Bertz CT molecular complexity index is 481. The molecule has 1 heterocycles. The van der Waals surface area contributed by atoms with Gasteiger partial charge in [0.15, 0.2) is 5.82 Å². The summed E-state index contributed by atoms with van der Waals surface area (Å²) in [6.07, 6.45) is -5.69. The van der Waals surface area contributed by atoms with E-state index < -0.39 is 41.6 Å². The van der Waals surface area contributed by atoms with Crippen LogP contribution in [0.3, 0.4) is 0 Å². The van der Waals surface area contributed by atoms with Gasteiger partial charge in [-0.1, -0.05) is 19.0 Å². The fourth-order valence-corrected chi connectivity index (χ4v) is 2.20. The molecule has 1 saturated carbocycles. The maximum absolute atomic E-state index is 12.1. The molecule has 5 nitrogen and oxygen atoms in total. The number of hydrogen-bond donors (Lipinski definition) is 1.